The van der Waals surface area contributed by atoms with Gasteiger partial charge < -0.3 is 35.0 Å². The van der Waals surface area contributed by atoms with E-state index in [-0.39, 0.29) is 31.2 Å². The molecular formula is C37H46N6O7S. The van der Waals surface area contributed by atoms with Gasteiger partial charge in [-0.2, -0.15) is 0 Å². The van der Waals surface area contributed by atoms with Gasteiger partial charge in [-0.15, -0.1) is 11.3 Å². The third-order valence-corrected chi connectivity index (χ3v) is 10.4. The number of alkyl carbamates (subject to hydrolysis) is 1. The van der Waals surface area contributed by atoms with E-state index in [1.54, 1.807) is 20.8 Å². The number of ether oxygens (including phenoxy) is 2. The Balaban J connectivity index is 1.34. The summed E-state index contributed by atoms with van der Waals surface area (Å²) in [6, 6.07) is 7.58. The highest BCUT2D eigenvalue weighted by molar-refractivity contribution is 7.13. The van der Waals surface area contributed by atoms with E-state index in [0.29, 0.717) is 29.6 Å². The predicted molar refractivity (Wildman–Crippen MR) is 194 cm³/mol. The topological polar surface area (TPSA) is 163 Å². The van der Waals surface area contributed by atoms with E-state index in [1.807, 2.05) is 66.9 Å². The number of benzene rings is 1. The van der Waals surface area contributed by atoms with Crippen molar-refractivity contribution in [1.82, 2.24) is 25.5 Å². The lowest BCUT2D eigenvalue weighted by Gasteiger charge is -2.30. The highest BCUT2D eigenvalue weighted by Crippen LogP contribution is 2.45. The van der Waals surface area contributed by atoms with Crippen LogP contribution in [-0.4, -0.2) is 93.8 Å². The maximum absolute atomic E-state index is 14.4. The van der Waals surface area contributed by atoms with Gasteiger partial charge in [0.25, 0.3) is 0 Å². The zero-order chi connectivity index (χ0) is 36.5. The third-order valence-electron chi connectivity index (χ3n) is 9.48. The molecule has 2 aliphatic heterocycles. The number of rotatable bonds is 6. The first-order valence-corrected chi connectivity index (χ1v) is 18.3. The first-order valence-electron chi connectivity index (χ1n) is 17.5. The van der Waals surface area contributed by atoms with Crippen molar-refractivity contribution in [3.63, 3.8) is 0 Å². The molecule has 1 aromatic carbocycles. The van der Waals surface area contributed by atoms with Crippen molar-refractivity contribution < 1.29 is 33.8 Å². The second kappa shape index (κ2) is 14.5. The van der Waals surface area contributed by atoms with E-state index < -0.39 is 53.2 Å². The van der Waals surface area contributed by atoms with Gasteiger partial charge in [0.2, 0.25) is 17.7 Å². The number of thiophene rings is 1. The summed E-state index contributed by atoms with van der Waals surface area (Å²) in [5.74, 6) is -2.25. The monoisotopic (exact) mass is 718 g/mol. The summed E-state index contributed by atoms with van der Waals surface area (Å²) in [7, 11) is 3.90. The summed E-state index contributed by atoms with van der Waals surface area (Å²) in [5.41, 5.74) is 0.584. The number of anilines is 1. The summed E-state index contributed by atoms with van der Waals surface area (Å²) in [4.78, 5) is 67.9. The van der Waals surface area contributed by atoms with Crippen molar-refractivity contribution in [1.29, 1.82) is 0 Å². The van der Waals surface area contributed by atoms with Gasteiger partial charge in [-0.25, -0.2) is 19.6 Å². The molecule has 0 radical (unpaired) electrons. The molecule has 51 heavy (non-hydrogen) atoms. The highest BCUT2D eigenvalue weighted by Gasteiger charge is 2.61. The second-order valence-electron chi connectivity index (χ2n) is 14.7. The smallest absolute Gasteiger partial charge is 0.408 e. The van der Waals surface area contributed by atoms with Crippen molar-refractivity contribution in [2.75, 3.05) is 25.5 Å². The zero-order valence-corrected chi connectivity index (χ0v) is 30.5. The van der Waals surface area contributed by atoms with Gasteiger partial charge in [-0.1, -0.05) is 31.1 Å². The summed E-state index contributed by atoms with van der Waals surface area (Å²) >= 11 is 1.49. The lowest BCUT2D eigenvalue weighted by atomic mass is 10.0. The molecule has 13 nitrogen and oxygen atoms in total. The largest absolute Gasteiger partial charge is 0.479 e. The van der Waals surface area contributed by atoms with E-state index >= 15 is 0 Å². The summed E-state index contributed by atoms with van der Waals surface area (Å²) in [6.45, 7) is 5.24. The number of nitrogens with zero attached hydrogens (tertiary/aromatic N) is 4. The van der Waals surface area contributed by atoms with Crippen LogP contribution in [0.25, 0.3) is 21.6 Å². The molecule has 4 heterocycles. The van der Waals surface area contributed by atoms with Gasteiger partial charge in [-0.05, 0) is 76.1 Å². The second-order valence-corrected chi connectivity index (χ2v) is 15.7. The fourth-order valence-corrected chi connectivity index (χ4v) is 7.42. The number of carboxylic acid groups (broad SMARTS) is 1. The van der Waals surface area contributed by atoms with Gasteiger partial charge in [-0.3, -0.25) is 9.59 Å². The molecule has 1 saturated heterocycles. The van der Waals surface area contributed by atoms with Crippen molar-refractivity contribution in [2.45, 2.75) is 95.0 Å². The van der Waals surface area contributed by atoms with Crippen LogP contribution in [0.4, 0.5) is 10.5 Å². The SMILES string of the molecule is CN(C)c1ccc2nc(O[C@@H]3CC4C(=O)NC5(C(=O)O)CC5/C=C\CCCCC[C@@H](NC(=O)OC(C)(C)C)C(=O)N4C3)c(-c3cccs3)nc2c1. The molecule has 3 aromatic rings. The zero-order valence-electron chi connectivity index (χ0n) is 29.7. The number of amides is 3. The van der Waals surface area contributed by atoms with Gasteiger partial charge in [0.1, 0.15) is 35.0 Å². The van der Waals surface area contributed by atoms with Crippen molar-refractivity contribution in [3.8, 4) is 16.5 Å². The number of carboxylic acids is 1. The molecular weight excluding hydrogens is 673 g/mol. The first kappa shape index (κ1) is 36.1. The van der Waals surface area contributed by atoms with Crippen LogP contribution in [0, 0.1) is 5.92 Å². The van der Waals surface area contributed by atoms with Crippen LogP contribution in [0.1, 0.15) is 65.7 Å². The average molecular weight is 719 g/mol. The van der Waals surface area contributed by atoms with Crippen LogP contribution in [0.5, 0.6) is 5.88 Å². The molecule has 14 heteroatoms. The number of aliphatic carboxylic acids is 1. The summed E-state index contributed by atoms with van der Waals surface area (Å²) in [6.07, 6.45) is 6.13. The Morgan fingerprint density at radius 2 is 1.92 bits per heavy atom. The Kier molecular flexibility index (Phi) is 10.3. The third kappa shape index (κ3) is 8.11. The minimum absolute atomic E-state index is 0.00991. The van der Waals surface area contributed by atoms with E-state index in [0.717, 1.165) is 29.8 Å². The maximum Gasteiger partial charge on any atom is 0.408 e. The predicted octanol–water partition coefficient (Wildman–Crippen LogP) is 5.15. The normalized spacial score (nSPS) is 26.2. The van der Waals surface area contributed by atoms with Gasteiger partial charge >= 0.3 is 12.1 Å². The molecule has 1 saturated carbocycles. The fourth-order valence-electron chi connectivity index (χ4n) is 6.72. The van der Waals surface area contributed by atoms with Crippen molar-refractivity contribution in [3.05, 3.63) is 47.9 Å². The lowest BCUT2D eigenvalue weighted by molar-refractivity contribution is -0.145. The molecule has 3 aliphatic rings. The number of hydrogen-bond acceptors (Lipinski definition) is 10. The van der Waals surface area contributed by atoms with Gasteiger partial charge in [0.15, 0.2) is 0 Å². The van der Waals surface area contributed by atoms with Crippen LogP contribution < -0.4 is 20.3 Å². The molecule has 3 unspecified atom stereocenters. The van der Waals surface area contributed by atoms with Crippen LogP contribution in [0.2, 0.25) is 0 Å². The molecule has 272 valence electrons. The van der Waals surface area contributed by atoms with Crippen LogP contribution >= 0.6 is 11.3 Å². The number of fused-ring (bicyclic) bond motifs is 3. The molecule has 6 rings (SSSR count). The molecule has 3 N–H and O–H groups in total. The Bertz CT molecular complexity index is 1820. The number of allylic oxidation sites excluding steroid dienone is 1. The summed E-state index contributed by atoms with van der Waals surface area (Å²) in [5, 5.41) is 17.7. The number of aromatic nitrogens is 2. The first-order chi connectivity index (χ1) is 24.2. The Labute approximate surface area is 301 Å². The average Bonchev–Trinajstić information content (AvgIpc) is 3.37. The molecule has 1 aliphatic carbocycles. The van der Waals surface area contributed by atoms with E-state index in [2.05, 4.69) is 10.6 Å². The molecule has 0 bridgehead atoms. The van der Waals surface area contributed by atoms with E-state index in [1.165, 1.54) is 16.2 Å². The molecule has 2 aromatic heterocycles. The Hall–Kier alpha value is -4.72. The van der Waals surface area contributed by atoms with Gasteiger partial charge in [0.05, 0.1) is 22.5 Å². The standard InChI is InChI=1S/C37H46N6O7S/c1-36(2,3)50-35(48)40-26-13-10-8-6-7-9-12-22-20-37(22,34(46)47)41-31(44)28-19-24(21-43(28)33(26)45)49-32-30(29-14-11-17-51-29)38-27-18-23(42(4)5)15-16-25(27)39-32/h9,11-12,14-18,22,24,26,28H,6-8,10,13,19-21H2,1-5H3,(H,40,48)(H,41,44)(H,46,47)/b12-9-/t22?,24-,26-,28?,37?/m1/s1. The van der Waals surface area contributed by atoms with Crippen LogP contribution in [0.3, 0.4) is 0 Å². The quantitative estimate of drug-likeness (QED) is 0.291. The van der Waals surface area contributed by atoms with E-state index in [9.17, 15) is 24.3 Å². The number of nitrogens with one attached hydrogen (secondary N) is 2. The van der Waals surface area contributed by atoms with Crippen LogP contribution in [-0.2, 0) is 19.1 Å². The minimum Gasteiger partial charge on any atom is -0.479 e. The molecule has 3 amide bonds. The fraction of sp³-hybridized carbons (Fsp3) is 0.514. The maximum atomic E-state index is 14.4. The van der Waals surface area contributed by atoms with Crippen LogP contribution in [0.15, 0.2) is 47.9 Å². The highest BCUT2D eigenvalue weighted by atomic mass is 32.1. The molecule has 0 spiro atoms. The van der Waals surface area contributed by atoms with Crippen molar-refractivity contribution in [2.24, 2.45) is 5.92 Å². The minimum atomic E-state index is -1.45. The molecule has 2 fully saturated rings. The summed E-state index contributed by atoms with van der Waals surface area (Å²) < 4.78 is 12.1. The molecule has 5 atom stereocenters. The Morgan fingerprint density at radius 3 is 2.63 bits per heavy atom. The van der Waals surface area contributed by atoms with E-state index in [4.69, 9.17) is 19.4 Å². The van der Waals surface area contributed by atoms with Gasteiger partial charge in [0, 0.05) is 32.1 Å². The lowest BCUT2D eigenvalue weighted by Crippen LogP contribution is -2.56. The number of carbonyl (C=O) groups is 4. The number of hydrogen-bond donors (Lipinski definition) is 3. The number of carbonyl (C=O) groups excluding carboxylic acids is 3. The van der Waals surface area contributed by atoms with Crippen molar-refractivity contribution >= 4 is 51.9 Å². The Morgan fingerprint density at radius 1 is 1.12 bits per heavy atom.